The van der Waals surface area contributed by atoms with Gasteiger partial charge in [-0.25, -0.2) is 18.1 Å². The lowest BCUT2D eigenvalue weighted by Gasteiger charge is -2.40. The number of nitrogens with zero attached hydrogens (tertiary/aromatic N) is 2. The van der Waals surface area contributed by atoms with E-state index in [1.807, 2.05) is 0 Å². The van der Waals surface area contributed by atoms with Crippen molar-refractivity contribution in [2.45, 2.75) is 36.8 Å². The predicted molar refractivity (Wildman–Crippen MR) is 65.6 cm³/mol. The Morgan fingerprint density at radius 1 is 1.59 bits per heavy atom. The molecule has 1 saturated carbocycles. The monoisotopic (exact) mass is 277 g/mol. The zero-order valence-electron chi connectivity index (χ0n) is 9.90. The summed E-state index contributed by atoms with van der Waals surface area (Å²) in [5.74, 6) is 0.969. The van der Waals surface area contributed by atoms with Crippen LogP contribution in [-0.4, -0.2) is 29.4 Å². The molecular formula is C10H16ClN3O2S. The molecule has 5 nitrogen and oxygen atoms in total. The molecule has 0 unspecified atom stereocenters. The van der Waals surface area contributed by atoms with E-state index in [0.717, 1.165) is 19.3 Å². The first-order chi connectivity index (χ1) is 7.88. The fourth-order valence-corrected chi connectivity index (χ4v) is 3.77. The number of aromatic nitrogens is 2. The summed E-state index contributed by atoms with van der Waals surface area (Å²) in [4.78, 5) is 4.03. The van der Waals surface area contributed by atoms with E-state index in [2.05, 4.69) is 9.71 Å². The predicted octanol–water partition coefficient (Wildman–Crippen LogP) is 1.17. The number of rotatable bonds is 4. The van der Waals surface area contributed by atoms with Crippen molar-refractivity contribution in [3.63, 3.8) is 0 Å². The van der Waals surface area contributed by atoms with Gasteiger partial charge in [-0.3, -0.25) is 0 Å². The molecule has 96 valence electrons. The Balaban J connectivity index is 2.25. The van der Waals surface area contributed by atoms with E-state index in [1.165, 1.54) is 6.20 Å². The number of nitrogens with one attached hydrogen (secondary N) is 1. The first-order valence-electron chi connectivity index (χ1n) is 5.48. The third-order valence-electron chi connectivity index (χ3n) is 3.28. The number of imidazole rings is 1. The molecule has 7 heteroatoms. The zero-order valence-corrected chi connectivity index (χ0v) is 11.5. The summed E-state index contributed by atoms with van der Waals surface area (Å²) < 4.78 is 28.6. The fourth-order valence-electron chi connectivity index (χ4n) is 1.86. The number of halogens is 1. The van der Waals surface area contributed by atoms with Crippen LogP contribution < -0.4 is 4.72 Å². The van der Waals surface area contributed by atoms with Crippen molar-refractivity contribution in [1.82, 2.24) is 14.3 Å². The normalized spacial score (nSPS) is 19.0. The highest BCUT2D eigenvalue weighted by Gasteiger charge is 2.40. The molecule has 17 heavy (non-hydrogen) atoms. The molecule has 1 heterocycles. The van der Waals surface area contributed by atoms with Crippen LogP contribution >= 0.6 is 11.6 Å². The maximum Gasteiger partial charge on any atom is 0.260 e. The third kappa shape index (κ3) is 2.34. The summed E-state index contributed by atoms with van der Waals surface area (Å²) in [5, 5.41) is 0.0638. The highest BCUT2D eigenvalue weighted by atomic mass is 35.5. The van der Waals surface area contributed by atoms with Gasteiger partial charge < -0.3 is 4.57 Å². The first-order valence-corrected chi connectivity index (χ1v) is 7.50. The van der Waals surface area contributed by atoms with Crippen LogP contribution in [0.2, 0.25) is 0 Å². The van der Waals surface area contributed by atoms with Crippen LogP contribution in [0.3, 0.4) is 0 Å². The van der Waals surface area contributed by atoms with Crippen molar-refractivity contribution in [1.29, 1.82) is 0 Å². The van der Waals surface area contributed by atoms with Crippen molar-refractivity contribution in [2.75, 3.05) is 5.88 Å². The van der Waals surface area contributed by atoms with Gasteiger partial charge in [0, 0.05) is 24.7 Å². The summed E-state index contributed by atoms with van der Waals surface area (Å²) in [6, 6.07) is 0. The SMILES string of the molecule is Cc1nc(S(=O)(=O)NC2(CCl)CCC2)cn1C. The van der Waals surface area contributed by atoms with Gasteiger partial charge in [0.1, 0.15) is 5.82 Å². The molecule has 2 rings (SSSR count). The van der Waals surface area contributed by atoms with Crippen LogP contribution in [0.1, 0.15) is 25.1 Å². The Hall–Kier alpha value is -0.590. The highest BCUT2D eigenvalue weighted by Crippen LogP contribution is 2.34. The summed E-state index contributed by atoms with van der Waals surface area (Å²) in [5.41, 5.74) is -0.466. The van der Waals surface area contributed by atoms with E-state index in [4.69, 9.17) is 11.6 Å². The molecule has 1 fully saturated rings. The molecule has 0 atom stereocenters. The lowest BCUT2D eigenvalue weighted by molar-refractivity contribution is 0.252. The second kappa shape index (κ2) is 4.26. The van der Waals surface area contributed by atoms with Gasteiger partial charge in [0.25, 0.3) is 10.0 Å². The zero-order chi connectivity index (χ0) is 12.7. The molecule has 1 aromatic rings. The van der Waals surface area contributed by atoms with Crippen molar-refractivity contribution in [2.24, 2.45) is 7.05 Å². The molecule has 0 saturated heterocycles. The quantitative estimate of drug-likeness (QED) is 0.840. The molecule has 0 radical (unpaired) electrons. The van der Waals surface area contributed by atoms with E-state index < -0.39 is 15.6 Å². The maximum atomic E-state index is 12.1. The molecule has 0 aliphatic heterocycles. The molecule has 0 aromatic carbocycles. The van der Waals surface area contributed by atoms with Crippen LogP contribution in [0.5, 0.6) is 0 Å². The summed E-state index contributed by atoms with van der Waals surface area (Å²) >= 11 is 5.84. The molecule has 0 spiro atoms. The second-order valence-electron chi connectivity index (χ2n) is 4.61. The van der Waals surface area contributed by atoms with Gasteiger partial charge in [-0.1, -0.05) is 0 Å². The van der Waals surface area contributed by atoms with Crippen LogP contribution in [0.4, 0.5) is 0 Å². The van der Waals surface area contributed by atoms with Gasteiger partial charge in [0.2, 0.25) is 0 Å². The van der Waals surface area contributed by atoms with Gasteiger partial charge in [0.05, 0.1) is 0 Å². The molecule has 0 amide bonds. The van der Waals surface area contributed by atoms with Gasteiger partial charge in [-0.15, -0.1) is 11.6 Å². The number of aryl methyl sites for hydroxylation is 2. The van der Waals surface area contributed by atoms with Gasteiger partial charge in [0.15, 0.2) is 5.03 Å². The van der Waals surface area contributed by atoms with Gasteiger partial charge >= 0.3 is 0 Å². The molecule has 1 aliphatic rings. The Bertz CT molecular complexity index is 495. The largest absolute Gasteiger partial charge is 0.337 e. The van der Waals surface area contributed by atoms with E-state index in [-0.39, 0.29) is 5.03 Å². The van der Waals surface area contributed by atoms with Crippen molar-refractivity contribution in [3.05, 3.63) is 12.0 Å². The Morgan fingerprint density at radius 2 is 2.24 bits per heavy atom. The van der Waals surface area contributed by atoms with Crippen LogP contribution in [-0.2, 0) is 17.1 Å². The summed E-state index contributed by atoms with van der Waals surface area (Å²) in [6.45, 7) is 1.76. The molecular weight excluding hydrogens is 262 g/mol. The minimum absolute atomic E-state index is 0.0638. The average molecular weight is 278 g/mol. The molecule has 0 bridgehead atoms. The first kappa shape index (κ1) is 12.9. The highest BCUT2D eigenvalue weighted by molar-refractivity contribution is 7.89. The van der Waals surface area contributed by atoms with E-state index >= 15 is 0 Å². The Kier molecular flexibility index (Phi) is 3.22. The fraction of sp³-hybridized carbons (Fsp3) is 0.700. The summed E-state index contributed by atoms with van der Waals surface area (Å²) in [6.07, 6.45) is 4.11. The Labute approximate surface area is 106 Å². The van der Waals surface area contributed by atoms with Crippen LogP contribution in [0, 0.1) is 6.92 Å². The smallest absolute Gasteiger partial charge is 0.260 e. The number of sulfonamides is 1. The topological polar surface area (TPSA) is 64.0 Å². The Morgan fingerprint density at radius 3 is 2.59 bits per heavy atom. The number of alkyl halides is 1. The minimum atomic E-state index is -3.56. The summed E-state index contributed by atoms with van der Waals surface area (Å²) in [7, 11) is -1.79. The van der Waals surface area contributed by atoms with E-state index in [0.29, 0.717) is 11.7 Å². The number of hydrogen-bond donors (Lipinski definition) is 1. The van der Waals surface area contributed by atoms with Crippen molar-refractivity contribution >= 4 is 21.6 Å². The lowest BCUT2D eigenvalue weighted by Crippen LogP contribution is -2.54. The van der Waals surface area contributed by atoms with Crippen molar-refractivity contribution in [3.8, 4) is 0 Å². The number of hydrogen-bond acceptors (Lipinski definition) is 3. The lowest BCUT2D eigenvalue weighted by atomic mass is 9.79. The van der Waals surface area contributed by atoms with Gasteiger partial charge in [-0.05, 0) is 26.2 Å². The molecule has 1 aromatic heterocycles. The minimum Gasteiger partial charge on any atom is -0.337 e. The molecule has 1 aliphatic carbocycles. The molecule has 1 N–H and O–H groups in total. The standard InChI is InChI=1S/C10H16ClN3O2S/c1-8-12-9(6-14(8)2)17(15,16)13-10(7-11)4-3-5-10/h6,13H,3-5,7H2,1-2H3. The average Bonchev–Trinajstić information content (AvgIpc) is 2.54. The third-order valence-corrected chi connectivity index (χ3v) is 5.24. The van der Waals surface area contributed by atoms with Gasteiger partial charge in [-0.2, -0.15) is 0 Å². The maximum absolute atomic E-state index is 12.1. The van der Waals surface area contributed by atoms with Crippen LogP contribution in [0.25, 0.3) is 0 Å². The van der Waals surface area contributed by atoms with Crippen LogP contribution in [0.15, 0.2) is 11.2 Å². The van der Waals surface area contributed by atoms with E-state index in [9.17, 15) is 8.42 Å². The second-order valence-corrected chi connectivity index (χ2v) is 6.51. The van der Waals surface area contributed by atoms with Crippen molar-refractivity contribution < 1.29 is 8.42 Å². The van der Waals surface area contributed by atoms with E-state index in [1.54, 1.807) is 18.5 Å².